The van der Waals surface area contributed by atoms with Crippen LogP contribution in [0.25, 0.3) is 11.1 Å². The van der Waals surface area contributed by atoms with Crippen LogP contribution in [0.2, 0.25) is 0 Å². The van der Waals surface area contributed by atoms with Crippen molar-refractivity contribution in [1.82, 2.24) is 4.90 Å². The second kappa shape index (κ2) is 9.27. The van der Waals surface area contributed by atoms with Crippen LogP contribution in [0.3, 0.4) is 0 Å². The van der Waals surface area contributed by atoms with E-state index < -0.39 is 24.0 Å². The zero-order valence-corrected chi connectivity index (χ0v) is 19.1. The number of aromatic hydroxyl groups is 1. The molecule has 1 unspecified atom stereocenters. The number of hydrogen-bond acceptors (Lipinski definition) is 4. The number of rotatable bonds is 5. The van der Waals surface area contributed by atoms with Crippen molar-refractivity contribution in [3.63, 3.8) is 0 Å². The van der Waals surface area contributed by atoms with Crippen molar-refractivity contribution in [2.24, 2.45) is 5.73 Å². The number of phenols is 1. The number of carboxylic acid groups (broad SMARTS) is 1. The number of nitrogens with two attached hydrogens (primary N) is 1. The highest BCUT2D eigenvalue weighted by Gasteiger charge is 2.36. The second-order valence-corrected chi connectivity index (χ2v) is 8.88. The van der Waals surface area contributed by atoms with Crippen molar-refractivity contribution in [2.75, 3.05) is 0 Å². The highest BCUT2D eigenvalue weighted by Crippen LogP contribution is 2.30. The molecular formula is C27H27FN2O4. The lowest BCUT2D eigenvalue weighted by atomic mass is 9.89. The Balaban J connectivity index is 1.61. The van der Waals surface area contributed by atoms with E-state index in [0.717, 1.165) is 38.9 Å². The van der Waals surface area contributed by atoms with Gasteiger partial charge in [-0.3, -0.25) is 4.79 Å². The quantitative estimate of drug-likeness (QED) is 0.536. The number of benzene rings is 3. The normalized spacial score (nSPS) is 16.1. The molecule has 7 heteroatoms. The zero-order valence-electron chi connectivity index (χ0n) is 19.1. The van der Waals surface area contributed by atoms with Crippen LogP contribution in [-0.4, -0.2) is 39.1 Å². The van der Waals surface area contributed by atoms with Gasteiger partial charge in [-0.1, -0.05) is 24.3 Å². The smallest absolute Gasteiger partial charge is 0.326 e. The van der Waals surface area contributed by atoms with E-state index in [1.807, 2.05) is 32.0 Å². The first kappa shape index (κ1) is 23.4. The van der Waals surface area contributed by atoms with E-state index >= 15 is 0 Å². The molecule has 34 heavy (non-hydrogen) atoms. The van der Waals surface area contributed by atoms with Gasteiger partial charge in [0, 0.05) is 13.0 Å². The van der Waals surface area contributed by atoms with Gasteiger partial charge in [0.15, 0.2) is 0 Å². The van der Waals surface area contributed by atoms with E-state index in [9.17, 15) is 24.2 Å². The lowest BCUT2D eigenvalue weighted by Crippen LogP contribution is -2.54. The van der Waals surface area contributed by atoms with Gasteiger partial charge in [-0.05, 0) is 89.5 Å². The number of fused-ring (bicyclic) bond motifs is 1. The molecule has 1 heterocycles. The van der Waals surface area contributed by atoms with Crippen LogP contribution >= 0.6 is 0 Å². The van der Waals surface area contributed by atoms with Crippen LogP contribution in [0.15, 0.2) is 54.6 Å². The van der Waals surface area contributed by atoms with Crippen molar-refractivity contribution in [1.29, 1.82) is 0 Å². The third-order valence-corrected chi connectivity index (χ3v) is 6.50. The Labute approximate surface area is 197 Å². The molecule has 3 aromatic rings. The molecule has 0 radical (unpaired) electrons. The number of amides is 1. The third-order valence-electron chi connectivity index (χ3n) is 6.50. The predicted molar refractivity (Wildman–Crippen MR) is 127 cm³/mol. The first-order chi connectivity index (χ1) is 16.1. The first-order valence-corrected chi connectivity index (χ1v) is 11.1. The number of aliphatic carboxylic acids is 1. The Bertz CT molecular complexity index is 1230. The van der Waals surface area contributed by atoms with Gasteiger partial charge < -0.3 is 20.8 Å². The van der Waals surface area contributed by atoms with Gasteiger partial charge in [0.2, 0.25) is 5.91 Å². The van der Waals surface area contributed by atoms with Gasteiger partial charge in [-0.2, -0.15) is 0 Å². The molecule has 0 spiro atoms. The van der Waals surface area contributed by atoms with E-state index in [4.69, 9.17) is 5.73 Å². The highest BCUT2D eigenvalue weighted by atomic mass is 19.1. The maximum absolute atomic E-state index is 13.4. The number of carbonyl (C=O) groups is 2. The molecule has 4 N–H and O–H groups in total. The van der Waals surface area contributed by atoms with E-state index in [-0.39, 0.29) is 31.0 Å². The molecule has 1 amide bonds. The largest absolute Gasteiger partial charge is 0.508 e. The van der Waals surface area contributed by atoms with Crippen molar-refractivity contribution < 1.29 is 24.2 Å². The van der Waals surface area contributed by atoms with E-state index in [0.29, 0.717) is 0 Å². The number of hydrogen-bond donors (Lipinski definition) is 3. The lowest BCUT2D eigenvalue weighted by molar-refractivity contribution is -0.152. The Morgan fingerprint density at radius 2 is 1.65 bits per heavy atom. The van der Waals surface area contributed by atoms with Crippen LogP contribution in [0.5, 0.6) is 5.75 Å². The molecule has 176 valence electrons. The van der Waals surface area contributed by atoms with Gasteiger partial charge in [0.1, 0.15) is 17.6 Å². The number of nitrogens with zero attached hydrogens (tertiary/aromatic N) is 1. The van der Waals surface area contributed by atoms with Crippen LogP contribution < -0.4 is 5.73 Å². The second-order valence-electron chi connectivity index (χ2n) is 8.88. The summed E-state index contributed by atoms with van der Waals surface area (Å²) in [6.45, 7) is 3.81. The van der Waals surface area contributed by atoms with Gasteiger partial charge in [-0.25, -0.2) is 9.18 Å². The van der Waals surface area contributed by atoms with Crippen molar-refractivity contribution in [2.45, 2.75) is 45.3 Å². The van der Waals surface area contributed by atoms with E-state index in [1.54, 1.807) is 24.3 Å². The minimum atomic E-state index is -1.08. The number of aryl methyl sites for hydroxylation is 2. The minimum Gasteiger partial charge on any atom is -0.508 e. The number of carbonyl (C=O) groups excluding carboxylic acids is 1. The van der Waals surface area contributed by atoms with E-state index in [2.05, 4.69) is 0 Å². The molecule has 0 saturated heterocycles. The topological polar surface area (TPSA) is 104 Å². The fourth-order valence-electron chi connectivity index (χ4n) is 4.67. The monoisotopic (exact) mass is 462 g/mol. The molecule has 4 rings (SSSR count). The Hall–Kier alpha value is -3.71. The summed E-state index contributed by atoms with van der Waals surface area (Å²) in [5.74, 6) is -1.69. The van der Waals surface area contributed by atoms with Crippen molar-refractivity contribution in [3.8, 4) is 16.9 Å². The Morgan fingerprint density at radius 3 is 2.26 bits per heavy atom. The summed E-state index contributed by atoms with van der Waals surface area (Å²) in [5, 5.41) is 19.6. The summed E-state index contributed by atoms with van der Waals surface area (Å²) in [6, 6.07) is 13.1. The lowest BCUT2D eigenvalue weighted by Gasteiger charge is -2.36. The summed E-state index contributed by atoms with van der Waals surface area (Å²) in [6.07, 6.45) is 0.423. The molecule has 2 atom stereocenters. The fourth-order valence-corrected chi connectivity index (χ4v) is 4.67. The molecule has 0 aliphatic carbocycles. The van der Waals surface area contributed by atoms with E-state index in [1.165, 1.54) is 17.0 Å². The van der Waals surface area contributed by atoms with Crippen LogP contribution in [-0.2, 0) is 29.0 Å². The summed E-state index contributed by atoms with van der Waals surface area (Å²) in [4.78, 5) is 26.7. The zero-order chi connectivity index (χ0) is 24.6. The molecule has 0 fully saturated rings. The summed E-state index contributed by atoms with van der Waals surface area (Å²) in [5.41, 5.74) is 12.2. The third kappa shape index (κ3) is 4.65. The fraction of sp³-hybridized carbons (Fsp3) is 0.259. The summed E-state index contributed by atoms with van der Waals surface area (Å²) >= 11 is 0. The summed E-state index contributed by atoms with van der Waals surface area (Å²) in [7, 11) is 0. The van der Waals surface area contributed by atoms with Crippen molar-refractivity contribution >= 4 is 11.9 Å². The molecule has 1 aliphatic heterocycles. The first-order valence-electron chi connectivity index (χ1n) is 11.1. The number of phenolic OH excluding ortho intramolecular Hbond substituents is 1. The highest BCUT2D eigenvalue weighted by molar-refractivity contribution is 5.88. The maximum atomic E-state index is 13.4. The maximum Gasteiger partial charge on any atom is 0.326 e. The molecule has 1 aliphatic rings. The number of halogens is 1. The molecule has 3 aromatic carbocycles. The predicted octanol–water partition coefficient (Wildman–Crippen LogP) is 3.72. The molecule has 0 bridgehead atoms. The molecular weight excluding hydrogens is 435 g/mol. The summed E-state index contributed by atoms with van der Waals surface area (Å²) < 4.78 is 13.3. The average molecular weight is 463 g/mol. The van der Waals surface area contributed by atoms with Crippen LogP contribution in [0, 0.1) is 19.7 Å². The Kier molecular flexibility index (Phi) is 6.39. The minimum absolute atomic E-state index is 0.126. The van der Waals surface area contributed by atoms with Gasteiger partial charge >= 0.3 is 5.97 Å². The van der Waals surface area contributed by atoms with Gasteiger partial charge in [0.05, 0.1) is 6.04 Å². The van der Waals surface area contributed by atoms with Gasteiger partial charge in [-0.15, -0.1) is 0 Å². The van der Waals surface area contributed by atoms with Crippen molar-refractivity contribution in [3.05, 3.63) is 88.2 Å². The Morgan fingerprint density at radius 1 is 1.03 bits per heavy atom. The molecule has 0 aromatic heterocycles. The van der Waals surface area contributed by atoms with Crippen LogP contribution in [0.4, 0.5) is 4.39 Å². The molecule has 6 nitrogen and oxygen atoms in total. The van der Waals surface area contributed by atoms with Gasteiger partial charge in [0.25, 0.3) is 0 Å². The molecule has 0 saturated carbocycles. The van der Waals surface area contributed by atoms with Crippen LogP contribution in [0.1, 0.15) is 27.8 Å². The standard InChI is InChI=1S/C27H27FN2O4/c1-15-9-22(31)10-16(2)23(15)13-24(29)26(32)30-14-20-11-18(17-5-7-21(28)8-6-17)3-4-19(20)12-25(30)27(33)34/h3-11,24-25,31H,12-14,29H2,1-2H3,(H,33,34)/t24?,25-/m0/s1. The number of carboxylic acids is 1. The SMILES string of the molecule is Cc1cc(O)cc(C)c1CC(N)C(=O)N1Cc2cc(-c3ccc(F)cc3)ccc2C[C@H]1C(=O)O. The average Bonchev–Trinajstić information content (AvgIpc) is 2.80.